The van der Waals surface area contributed by atoms with Crippen LogP contribution in [0.3, 0.4) is 0 Å². The van der Waals surface area contributed by atoms with Gasteiger partial charge in [-0.15, -0.1) is 0 Å². The quantitative estimate of drug-likeness (QED) is 0.138. The molecule has 0 saturated heterocycles. The van der Waals surface area contributed by atoms with Crippen LogP contribution in [0.2, 0.25) is 0 Å². The van der Waals surface area contributed by atoms with Gasteiger partial charge in [0.1, 0.15) is 24.1 Å². The highest BCUT2D eigenvalue weighted by Crippen LogP contribution is 2.29. The van der Waals surface area contributed by atoms with Crippen LogP contribution in [0.1, 0.15) is 37.5 Å². The van der Waals surface area contributed by atoms with E-state index in [-0.39, 0.29) is 29.5 Å². The summed E-state index contributed by atoms with van der Waals surface area (Å²) in [5, 5.41) is 3.06. The summed E-state index contributed by atoms with van der Waals surface area (Å²) in [4.78, 5) is 30.3. The second-order valence-corrected chi connectivity index (χ2v) is 15.0. The van der Waals surface area contributed by atoms with Crippen LogP contribution in [0.4, 0.5) is 5.69 Å². The van der Waals surface area contributed by atoms with Gasteiger partial charge in [0.15, 0.2) is 0 Å². The number of carbonyl (C=O) groups is 2. The Bertz CT molecular complexity index is 1960. The normalized spacial score (nSPS) is 12.1. The van der Waals surface area contributed by atoms with E-state index < -0.39 is 34.1 Å². The van der Waals surface area contributed by atoms with Crippen molar-refractivity contribution in [3.05, 3.63) is 156 Å². The lowest BCUT2D eigenvalue weighted by Crippen LogP contribution is -2.56. The molecule has 5 aromatic carbocycles. The predicted octanol–water partition coefficient (Wildman–Crippen LogP) is 7.54. The van der Waals surface area contributed by atoms with E-state index in [0.717, 1.165) is 21.0 Å². The van der Waals surface area contributed by atoms with E-state index in [9.17, 15) is 18.0 Å². The Balaban J connectivity index is 1.56. The van der Waals surface area contributed by atoms with Crippen LogP contribution < -0.4 is 14.4 Å². The highest BCUT2D eigenvalue weighted by atomic mass is 32.2. The molecule has 1 unspecified atom stereocenters. The van der Waals surface area contributed by atoms with Gasteiger partial charge in [0.2, 0.25) is 11.8 Å². The third-order valence-electron chi connectivity index (χ3n) is 7.96. The van der Waals surface area contributed by atoms with E-state index in [0.29, 0.717) is 11.5 Å². The SMILES string of the molecule is Cc1ccc(CN(C(=O)CN(c2ccc(Oc3ccccc3)cc2)S(=O)(=O)c2ccccc2)C(Cc2ccccc2)C(=O)NC(C)(C)C)cc1. The molecule has 0 saturated carbocycles. The number of aryl methyl sites for hydroxylation is 1. The smallest absolute Gasteiger partial charge is 0.264 e. The molecule has 5 rings (SSSR count). The molecule has 0 fully saturated rings. The summed E-state index contributed by atoms with van der Waals surface area (Å²) in [6.45, 7) is 7.18. The standard InChI is InChI=1S/C41H43N3O5S/c1-31-20-22-33(23-21-31)29-43(38(40(46)42-41(2,3)4)28-32-14-8-5-9-15-32)39(45)30-44(50(47,48)37-18-12-7-13-19-37)34-24-26-36(27-25-34)49-35-16-10-6-11-17-35/h5-27,38H,28-30H2,1-4H3,(H,42,46). The average Bonchev–Trinajstić information content (AvgIpc) is 3.10. The van der Waals surface area contributed by atoms with E-state index in [2.05, 4.69) is 5.32 Å². The lowest BCUT2D eigenvalue weighted by molar-refractivity contribution is -0.140. The van der Waals surface area contributed by atoms with Gasteiger partial charge in [-0.3, -0.25) is 13.9 Å². The lowest BCUT2D eigenvalue weighted by Gasteiger charge is -2.35. The molecule has 8 nitrogen and oxygen atoms in total. The Morgan fingerprint density at radius 2 is 1.24 bits per heavy atom. The molecule has 1 N–H and O–H groups in total. The van der Waals surface area contributed by atoms with Gasteiger partial charge in [0.05, 0.1) is 10.6 Å². The molecule has 0 aromatic heterocycles. The number of hydrogen-bond acceptors (Lipinski definition) is 5. The van der Waals surface area contributed by atoms with Crippen LogP contribution in [0.25, 0.3) is 0 Å². The summed E-state index contributed by atoms with van der Waals surface area (Å²) in [5.41, 5.74) is 2.43. The number of para-hydroxylation sites is 1. The minimum Gasteiger partial charge on any atom is -0.457 e. The van der Waals surface area contributed by atoms with Crippen molar-refractivity contribution in [1.29, 1.82) is 0 Å². The summed E-state index contributed by atoms with van der Waals surface area (Å²) in [6, 6.07) is 40.1. The molecule has 50 heavy (non-hydrogen) atoms. The van der Waals surface area contributed by atoms with Crippen LogP contribution >= 0.6 is 0 Å². The van der Waals surface area contributed by atoms with Gasteiger partial charge in [-0.25, -0.2) is 8.42 Å². The molecule has 0 bridgehead atoms. The second-order valence-electron chi connectivity index (χ2n) is 13.2. The summed E-state index contributed by atoms with van der Waals surface area (Å²) >= 11 is 0. The van der Waals surface area contributed by atoms with Gasteiger partial charge in [0, 0.05) is 18.5 Å². The first-order valence-corrected chi connectivity index (χ1v) is 17.9. The average molecular weight is 690 g/mol. The van der Waals surface area contributed by atoms with Crippen molar-refractivity contribution in [1.82, 2.24) is 10.2 Å². The summed E-state index contributed by atoms with van der Waals surface area (Å²) in [5.74, 6) is 0.279. The molecule has 0 aliphatic heterocycles. The number of anilines is 1. The Morgan fingerprint density at radius 3 is 1.82 bits per heavy atom. The fraction of sp³-hybridized carbons (Fsp3) is 0.220. The lowest BCUT2D eigenvalue weighted by atomic mass is 10.0. The number of rotatable bonds is 13. The van der Waals surface area contributed by atoms with E-state index in [4.69, 9.17) is 4.74 Å². The maximum atomic E-state index is 14.7. The zero-order valence-corrected chi connectivity index (χ0v) is 29.6. The number of amides is 2. The van der Waals surface area contributed by atoms with Crippen LogP contribution in [0.5, 0.6) is 11.5 Å². The molecule has 0 spiro atoms. The molecule has 0 aliphatic carbocycles. The first-order chi connectivity index (χ1) is 23.9. The molecule has 5 aromatic rings. The highest BCUT2D eigenvalue weighted by Gasteiger charge is 2.35. The van der Waals surface area contributed by atoms with Gasteiger partial charge >= 0.3 is 0 Å². The summed E-state index contributed by atoms with van der Waals surface area (Å²) < 4.78 is 35.6. The Labute approximate surface area is 295 Å². The van der Waals surface area contributed by atoms with Crippen LogP contribution in [0.15, 0.2) is 144 Å². The minimum atomic E-state index is -4.22. The highest BCUT2D eigenvalue weighted by molar-refractivity contribution is 7.92. The number of ether oxygens (including phenoxy) is 1. The van der Waals surface area contributed by atoms with Crippen molar-refractivity contribution in [3.8, 4) is 11.5 Å². The third-order valence-corrected chi connectivity index (χ3v) is 9.74. The van der Waals surface area contributed by atoms with Gasteiger partial charge in [0.25, 0.3) is 10.0 Å². The third kappa shape index (κ3) is 9.60. The van der Waals surface area contributed by atoms with Gasteiger partial charge in [-0.1, -0.05) is 96.6 Å². The summed E-state index contributed by atoms with van der Waals surface area (Å²) in [7, 11) is -4.22. The van der Waals surface area contributed by atoms with Crippen molar-refractivity contribution < 1.29 is 22.7 Å². The fourth-order valence-electron chi connectivity index (χ4n) is 5.45. The van der Waals surface area contributed by atoms with Gasteiger partial charge < -0.3 is 15.0 Å². The van der Waals surface area contributed by atoms with Crippen molar-refractivity contribution in [2.75, 3.05) is 10.8 Å². The summed E-state index contributed by atoms with van der Waals surface area (Å²) in [6.07, 6.45) is 0.233. The Hall–Kier alpha value is -5.41. The molecule has 0 aliphatic rings. The van der Waals surface area contributed by atoms with Gasteiger partial charge in [-0.05, 0) is 87.4 Å². The van der Waals surface area contributed by atoms with Crippen molar-refractivity contribution >= 4 is 27.5 Å². The number of sulfonamides is 1. The van der Waals surface area contributed by atoms with E-state index in [1.807, 2.05) is 113 Å². The van der Waals surface area contributed by atoms with Crippen molar-refractivity contribution in [2.45, 2.75) is 57.1 Å². The number of nitrogens with zero attached hydrogens (tertiary/aromatic N) is 2. The second kappa shape index (κ2) is 15.9. The molecule has 258 valence electrons. The molecule has 1 atom stereocenters. The monoisotopic (exact) mass is 689 g/mol. The van der Waals surface area contributed by atoms with Crippen LogP contribution in [0, 0.1) is 6.92 Å². The molecule has 0 heterocycles. The molecule has 9 heteroatoms. The van der Waals surface area contributed by atoms with Crippen molar-refractivity contribution in [2.24, 2.45) is 0 Å². The minimum absolute atomic E-state index is 0.0359. The first kappa shape index (κ1) is 35.9. The largest absolute Gasteiger partial charge is 0.457 e. The zero-order chi connectivity index (χ0) is 35.7. The maximum absolute atomic E-state index is 14.7. The number of nitrogens with one attached hydrogen (secondary N) is 1. The predicted molar refractivity (Wildman–Crippen MR) is 197 cm³/mol. The number of hydrogen-bond donors (Lipinski definition) is 1. The Morgan fingerprint density at radius 1 is 0.700 bits per heavy atom. The number of benzene rings is 5. The van der Waals surface area contributed by atoms with Gasteiger partial charge in [-0.2, -0.15) is 0 Å². The first-order valence-electron chi connectivity index (χ1n) is 16.5. The van der Waals surface area contributed by atoms with E-state index >= 15 is 0 Å². The zero-order valence-electron chi connectivity index (χ0n) is 28.8. The molecule has 2 amide bonds. The van der Waals surface area contributed by atoms with E-state index in [1.54, 1.807) is 42.5 Å². The molecular formula is C41H43N3O5S. The Kier molecular flexibility index (Phi) is 11.4. The maximum Gasteiger partial charge on any atom is 0.264 e. The molecule has 0 radical (unpaired) electrons. The van der Waals surface area contributed by atoms with Crippen LogP contribution in [-0.2, 0) is 32.6 Å². The van der Waals surface area contributed by atoms with Crippen LogP contribution in [-0.4, -0.2) is 43.3 Å². The van der Waals surface area contributed by atoms with E-state index in [1.165, 1.54) is 17.0 Å². The topological polar surface area (TPSA) is 96.0 Å². The molecular weight excluding hydrogens is 647 g/mol. The van der Waals surface area contributed by atoms with Crippen molar-refractivity contribution in [3.63, 3.8) is 0 Å². The fourth-order valence-corrected chi connectivity index (χ4v) is 6.89. The number of carbonyl (C=O) groups excluding carboxylic acids is 2.